The number of aryl methyl sites for hydroxylation is 2. The third-order valence-corrected chi connectivity index (χ3v) is 3.69. The number of carbonyl (C=O) groups is 1. The van der Waals surface area contributed by atoms with Crippen LogP contribution >= 0.6 is 0 Å². The normalized spacial score (nSPS) is 10.4. The number of para-hydroxylation sites is 1. The Morgan fingerprint density at radius 2 is 1.68 bits per heavy atom. The predicted octanol–water partition coefficient (Wildman–Crippen LogP) is 3.19. The van der Waals surface area contributed by atoms with Crippen LogP contribution in [0.1, 0.15) is 35.5 Å². The van der Waals surface area contributed by atoms with Gasteiger partial charge < -0.3 is 10.2 Å². The second-order valence-electron chi connectivity index (χ2n) is 5.17. The number of benzene rings is 1. The number of amides is 1. The van der Waals surface area contributed by atoms with Crippen molar-refractivity contribution >= 4 is 17.4 Å². The highest BCUT2D eigenvalue weighted by Crippen LogP contribution is 2.20. The zero-order chi connectivity index (χ0) is 16.1. The van der Waals surface area contributed by atoms with Crippen LogP contribution in [0.3, 0.4) is 0 Å². The molecule has 0 unspecified atom stereocenters. The maximum Gasteiger partial charge on any atom is 0.276 e. The van der Waals surface area contributed by atoms with Crippen LogP contribution < -0.4 is 10.2 Å². The summed E-state index contributed by atoms with van der Waals surface area (Å²) in [6.45, 7) is 9.79. The maximum atomic E-state index is 12.3. The highest BCUT2D eigenvalue weighted by atomic mass is 16.1. The fourth-order valence-corrected chi connectivity index (χ4v) is 2.35. The van der Waals surface area contributed by atoms with E-state index in [4.69, 9.17) is 0 Å². The summed E-state index contributed by atoms with van der Waals surface area (Å²) in [6.07, 6.45) is 0. The van der Waals surface area contributed by atoms with E-state index < -0.39 is 0 Å². The topological polar surface area (TPSA) is 58.1 Å². The maximum absolute atomic E-state index is 12.3. The molecule has 0 atom stereocenters. The summed E-state index contributed by atoms with van der Waals surface area (Å²) in [5.41, 5.74) is 3.21. The van der Waals surface area contributed by atoms with E-state index in [1.165, 1.54) is 0 Å². The highest BCUT2D eigenvalue weighted by molar-refractivity contribution is 6.03. The third-order valence-electron chi connectivity index (χ3n) is 3.69. The lowest BCUT2D eigenvalue weighted by atomic mass is 10.1. The fraction of sp³-hybridized carbons (Fsp3) is 0.353. The molecule has 0 bridgehead atoms. The van der Waals surface area contributed by atoms with Crippen LogP contribution in [0.2, 0.25) is 0 Å². The summed E-state index contributed by atoms with van der Waals surface area (Å²) < 4.78 is 0. The molecule has 2 rings (SSSR count). The van der Waals surface area contributed by atoms with Crippen molar-refractivity contribution in [3.8, 4) is 0 Å². The van der Waals surface area contributed by atoms with Crippen LogP contribution in [-0.2, 0) is 0 Å². The van der Waals surface area contributed by atoms with E-state index >= 15 is 0 Å². The van der Waals surface area contributed by atoms with E-state index in [-0.39, 0.29) is 5.91 Å². The number of hydrogen-bond donors (Lipinski definition) is 1. The average Bonchev–Trinajstić information content (AvgIpc) is 2.53. The molecule has 5 nitrogen and oxygen atoms in total. The Hall–Kier alpha value is -2.43. The fourth-order valence-electron chi connectivity index (χ4n) is 2.35. The van der Waals surface area contributed by atoms with Gasteiger partial charge in [-0.15, -0.1) is 10.2 Å². The van der Waals surface area contributed by atoms with Gasteiger partial charge >= 0.3 is 0 Å². The summed E-state index contributed by atoms with van der Waals surface area (Å²) in [6, 6.07) is 9.46. The molecule has 1 heterocycles. The van der Waals surface area contributed by atoms with Gasteiger partial charge in [0.25, 0.3) is 5.91 Å². The van der Waals surface area contributed by atoms with Gasteiger partial charge in [-0.2, -0.15) is 0 Å². The van der Waals surface area contributed by atoms with E-state index in [9.17, 15) is 4.79 Å². The van der Waals surface area contributed by atoms with E-state index in [0.717, 1.165) is 35.7 Å². The predicted molar refractivity (Wildman–Crippen MR) is 89.5 cm³/mol. The third kappa shape index (κ3) is 3.42. The van der Waals surface area contributed by atoms with Gasteiger partial charge in [0.1, 0.15) is 0 Å². The van der Waals surface area contributed by atoms with Gasteiger partial charge in [0.15, 0.2) is 11.5 Å². The number of aromatic nitrogens is 2. The molecule has 0 saturated carbocycles. The van der Waals surface area contributed by atoms with Crippen LogP contribution in [0.15, 0.2) is 30.3 Å². The zero-order valence-electron chi connectivity index (χ0n) is 13.6. The lowest BCUT2D eigenvalue weighted by Gasteiger charge is -2.18. The first-order valence-electron chi connectivity index (χ1n) is 7.53. The molecule has 1 aromatic heterocycles. The van der Waals surface area contributed by atoms with Crippen molar-refractivity contribution in [2.45, 2.75) is 27.7 Å². The molecule has 1 aromatic carbocycles. The molecule has 2 aromatic rings. The van der Waals surface area contributed by atoms with E-state index in [2.05, 4.69) is 34.3 Å². The Morgan fingerprint density at radius 3 is 2.18 bits per heavy atom. The van der Waals surface area contributed by atoms with E-state index in [1.54, 1.807) is 6.07 Å². The Morgan fingerprint density at radius 1 is 1.05 bits per heavy atom. The average molecular weight is 298 g/mol. The largest absolute Gasteiger partial charge is 0.356 e. The first kappa shape index (κ1) is 15.9. The Labute approximate surface area is 131 Å². The van der Waals surface area contributed by atoms with Crippen molar-refractivity contribution in [3.63, 3.8) is 0 Å². The quantitative estimate of drug-likeness (QED) is 0.921. The molecule has 5 heteroatoms. The van der Waals surface area contributed by atoms with Crippen molar-refractivity contribution in [2.75, 3.05) is 23.3 Å². The molecule has 1 N–H and O–H groups in total. The summed E-state index contributed by atoms with van der Waals surface area (Å²) in [5.74, 6) is 0.546. The van der Waals surface area contributed by atoms with Crippen molar-refractivity contribution in [1.29, 1.82) is 0 Å². The summed E-state index contributed by atoms with van der Waals surface area (Å²) in [5, 5.41) is 11.1. The Bertz CT molecular complexity index is 628. The molecule has 0 fully saturated rings. The number of hydrogen-bond acceptors (Lipinski definition) is 4. The molecule has 0 saturated heterocycles. The molecule has 0 spiro atoms. The van der Waals surface area contributed by atoms with Crippen molar-refractivity contribution < 1.29 is 4.79 Å². The van der Waals surface area contributed by atoms with Crippen LogP contribution in [0, 0.1) is 13.8 Å². The Balaban J connectivity index is 2.17. The zero-order valence-corrected chi connectivity index (χ0v) is 13.6. The van der Waals surface area contributed by atoms with Crippen LogP contribution in [0.5, 0.6) is 0 Å². The molecular formula is C17H22N4O. The van der Waals surface area contributed by atoms with Gasteiger partial charge in [-0.1, -0.05) is 18.2 Å². The standard InChI is InChI=1S/C17H22N4O/c1-5-21(6-2)15-11-10-14(19-20-15)17(22)18-16-12(3)8-7-9-13(16)4/h7-11H,5-6H2,1-4H3,(H,18,22). The van der Waals surface area contributed by atoms with Crippen LogP contribution in [0.25, 0.3) is 0 Å². The lowest BCUT2D eigenvalue weighted by molar-refractivity contribution is 0.102. The molecule has 0 aliphatic heterocycles. The number of nitrogens with one attached hydrogen (secondary N) is 1. The van der Waals surface area contributed by atoms with Gasteiger partial charge in [0, 0.05) is 18.8 Å². The SMILES string of the molecule is CCN(CC)c1ccc(C(=O)Nc2c(C)cccc2C)nn1. The summed E-state index contributed by atoms with van der Waals surface area (Å²) in [4.78, 5) is 14.4. The molecule has 0 radical (unpaired) electrons. The minimum atomic E-state index is -0.240. The molecular weight excluding hydrogens is 276 g/mol. The summed E-state index contributed by atoms with van der Waals surface area (Å²) >= 11 is 0. The molecule has 0 aliphatic rings. The van der Waals surface area contributed by atoms with Gasteiger partial charge in [-0.05, 0) is 51.0 Å². The molecule has 0 aliphatic carbocycles. The number of nitrogens with zero attached hydrogens (tertiary/aromatic N) is 3. The highest BCUT2D eigenvalue weighted by Gasteiger charge is 2.12. The van der Waals surface area contributed by atoms with Crippen molar-refractivity contribution in [1.82, 2.24) is 10.2 Å². The molecule has 116 valence electrons. The van der Waals surface area contributed by atoms with Crippen LogP contribution in [-0.4, -0.2) is 29.2 Å². The minimum absolute atomic E-state index is 0.240. The lowest BCUT2D eigenvalue weighted by Crippen LogP contribution is -2.24. The number of carbonyl (C=O) groups excluding carboxylic acids is 1. The second kappa shape index (κ2) is 7.02. The van der Waals surface area contributed by atoms with Crippen molar-refractivity contribution in [3.05, 3.63) is 47.2 Å². The van der Waals surface area contributed by atoms with Gasteiger partial charge in [-0.25, -0.2) is 0 Å². The van der Waals surface area contributed by atoms with Gasteiger partial charge in [-0.3, -0.25) is 4.79 Å². The smallest absolute Gasteiger partial charge is 0.276 e. The molecule has 1 amide bonds. The minimum Gasteiger partial charge on any atom is -0.356 e. The Kier molecular flexibility index (Phi) is 5.09. The first-order valence-corrected chi connectivity index (χ1v) is 7.53. The second-order valence-corrected chi connectivity index (χ2v) is 5.17. The van der Waals surface area contributed by atoms with Crippen molar-refractivity contribution in [2.24, 2.45) is 0 Å². The monoisotopic (exact) mass is 298 g/mol. The first-order chi connectivity index (χ1) is 10.6. The van der Waals surface area contributed by atoms with E-state index in [0.29, 0.717) is 5.69 Å². The van der Waals surface area contributed by atoms with Crippen LogP contribution in [0.4, 0.5) is 11.5 Å². The van der Waals surface area contributed by atoms with Gasteiger partial charge in [0.2, 0.25) is 0 Å². The van der Waals surface area contributed by atoms with Gasteiger partial charge in [0.05, 0.1) is 0 Å². The summed E-state index contributed by atoms with van der Waals surface area (Å²) in [7, 11) is 0. The number of rotatable bonds is 5. The molecule has 22 heavy (non-hydrogen) atoms. The number of anilines is 2. The van der Waals surface area contributed by atoms with E-state index in [1.807, 2.05) is 38.1 Å².